The van der Waals surface area contributed by atoms with Crippen LogP contribution in [0.15, 0.2) is 18.3 Å². The van der Waals surface area contributed by atoms with Gasteiger partial charge in [-0.2, -0.15) is 0 Å². The number of aromatic nitrogens is 1. The lowest BCUT2D eigenvalue weighted by Gasteiger charge is -2.57. The second-order valence-corrected chi connectivity index (χ2v) is 7.65. The normalized spacial score (nSPS) is 27.7. The predicted molar refractivity (Wildman–Crippen MR) is 99.8 cm³/mol. The monoisotopic (exact) mass is 362 g/mol. The van der Waals surface area contributed by atoms with Crippen LogP contribution in [-0.4, -0.2) is 55.4 Å². The molecule has 2 heterocycles. The van der Waals surface area contributed by atoms with Crippen molar-refractivity contribution in [3.8, 4) is 0 Å². The van der Waals surface area contributed by atoms with E-state index in [1.165, 1.54) is 0 Å². The van der Waals surface area contributed by atoms with Gasteiger partial charge in [-0.3, -0.25) is 4.79 Å². The van der Waals surface area contributed by atoms with E-state index in [0.29, 0.717) is 32.8 Å². The molecule has 7 heteroatoms. The van der Waals surface area contributed by atoms with Crippen LogP contribution < -0.4 is 16.0 Å². The van der Waals surface area contributed by atoms with E-state index in [-0.39, 0.29) is 17.4 Å². The van der Waals surface area contributed by atoms with Gasteiger partial charge in [-0.15, -0.1) is 0 Å². The number of morpholine rings is 1. The molecule has 2 atom stereocenters. The molecule has 1 aromatic rings. The lowest BCUT2D eigenvalue weighted by atomic mass is 9.54. The van der Waals surface area contributed by atoms with E-state index in [2.05, 4.69) is 15.2 Å². The van der Waals surface area contributed by atoms with E-state index in [0.717, 1.165) is 24.5 Å². The summed E-state index contributed by atoms with van der Waals surface area (Å²) in [7, 11) is 0. The number of hydrogen-bond acceptors (Lipinski definition) is 6. The molecule has 1 saturated heterocycles. The van der Waals surface area contributed by atoms with Gasteiger partial charge in [0.15, 0.2) is 0 Å². The first-order valence-electron chi connectivity index (χ1n) is 9.35. The first-order valence-corrected chi connectivity index (χ1v) is 9.35. The Morgan fingerprint density at radius 1 is 1.46 bits per heavy atom. The number of hydrogen-bond donors (Lipinski definition) is 2. The lowest BCUT2D eigenvalue weighted by molar-refractivity contribution is -0.170. The van der Waals surface area contributed by atoms with E-state index < -0.39 is 5.54 Å². The molecule has 1 aromatic heterocycles. The summed E-state index contributed by atoms with van der Waals surface area (Å²) in [6.45, 7) is 10.1. The number of nitrogens with two attached hydrogens (primary N) is 1. The van der Waals surface area contributed by atoms with Gasteiger partial charge >= 0.3 is 0 Å². The molecule has 26 heavy (non-hydrogen) atoms. The number of nitrogens with zero attached hydrogens (tertiary/aromatic N) is 2. The molecule has 2 fully saturated rings. The van der Waals surface area contributed by atoms with E-state index in [4.69, 9.17) is 15.2 Å². The largest absolute Gasteiger partial charge is 0.378 e. The summed E-state index contributed by atoms with van der Waals surface area (Å²) in [5.74, 6) is 0.797. The molecule has 0 radical (unpaired) electrons. The van der Waals surface area contributed by atoms with Crippen molar-refractivity contribution in [2.45, 2.75) is 45.4 Å². The summed E-state index contributed by atoms with van der Waals surface area (Å²) in [5, 5.41) is 3.00. The molecular formula is C19H30N4O3. The van der Waals surface area contributed by atoms with E-state index in [1.54, 1.807) is 6.20 Å². The highest BCUT2D eigenvalue weighted by atomic mass is 16.5. The lowest BCUT2D eigenvalue weighted by Crippen LogP contribution is -2.75. The number of pyridine rings is 1. The minimum absolute atomic E-state index is 0.0251. The van der Waals surface area contributed by atoms with Crippen molar-refractivity contribution in [2.24, 2.45) is 11.1 Å². The number of carbonyl (C=O) groups excluding carboxylic acids is 1. The zero-order valence-electron chi connectivity index (χ0n) is 16.0. The molecule has 1 saturated carbocycles. The zero-order chi connectivity index (χ0) is 18.8. The Morgan fingerprint density at radius 2 is 2.19 bits per heavy atom. The van der Waals surface area contributed by atoms with Gasteiger partial charge in [0.05, 0.1) is 19.3 Å². The van der Waals surface area contributed by atoms with Gasteiger partial charge in [0.2, 0.25) is 5.91 Å². The molecule has 0 bridgehead atoms. The van der Waals surface area contributed by atoms with Crippen molar-refractivity contribution < 1.29 is 14.3 Å². The quantitative estimate of drug-likeness (QED) is 0.787. The number of rotatable bonds is 6. The van der Waals surface area contributed by atoms with Crippen molar-refractivity contribution in [2.75, 3.05) is 37.8 Å². The fourth-order valence-electron chi connectivity index (χ4n) is 3.70. The Kier molecular flexibility index (Phi) is 5.50. The van der Waals surface area contributed by atoms with Crippen molar-refractivity contribution in [3.05, 3.63) is 23.9 Å². The molecule has 3 N–H and O–H groups in total. The number of amides is 1. The fraction of sp³-hybridized carbons (Fsp3) is 0.684. The van der Waals surface area contributed by atoms with Crippen LogP contribution in [0.1, 0.15) is 32.8 Å². The summed E-state index contributed by atoms with van der Waals surface area (Å²) < 4.78 is 11.1. The van der Waals surface area contributed by atoms with Crippen molar-refractivity contribution in [1.82, 2.24) is 10.3 Å². The summed E-state index contributed by atoms with van der Waals surface area (Å²) in [6.07, 6.45) is 2.36. The van der Waals surface area contributed by atoms with Gasteiger partial charge in [0, 0.05) is 44.3 Å². The maximum absolute atomic E-state index is 12.7. The minimum atomic E-state index is -0.896. The second-order valence-electron chi connectivity index (χ2n) is 7.65. The third kappa shape index (κ3) is 3.43. The number of ether oxygens (including phenoxy) is 2. The fourth-order valence-corrected chi connectivity index (χ4v) is 3.70. The summed E-state index contributed by atoms with van der Waals surface area (Å²) in [4.78, 5) is 19.4. The average molecular weight is 362 g/mol. The van der Waals surface area contributed by atoms with Crippen LogP contribution in [0.25, 0.3) is 0 Å². The molecule has 1 amide bonds. The maximum atomic E-state index is 12.7. The van der Waals surface area contributed by atoms with Gasteiger partial charge in [-0.25, -0.2) is 4.98 Å². The summed E-state index contributed by atoms with van der Waals surface area (Å²) in [6, 6.07) is 3.94. The van der Waals surface area contributed by atoms with Gasteiger partial charge in [-0.1, -0.05) is 13.8 Å². The van der Waals surface area contributed by atoms with Crippen LogP contribution in [0.3, 0.4) is 0 Å². The first-order chi connectivity index (χ1) is 12.4. The van der Waals surface area contributed by atoms with Crippen molar-refractivity contribution in [1.29, 1.82) is 0 Å². The number of carbonyl (C=O) groups is 1. The highest BCUT2D eigenvalue weighted by molar-refractivity contribution is 5.88. The molecule has 2 aliphatic rings. The van der Waals surface area contributed by atoms with Crippen LogP contribution in [0.5, 0.6) is 0 Å². The van der Waals surface area contributed by atoms with Gasteiger partial charge in [-0.05, 0) is 24.6 Å². The second kappa shape index (κ2) is 7.50. The number of nitrogens with one attached hydrogen (secondary N) is 1. The Hall–Kier alpha value is -1.70. The summed E-state index contributed by atoms with van der Waals surface area (Å²) in [5.41, 5.74) is 6.16. The number of anilines is 1. The standard InChI is InChI=1S/C19H30N4O3/c1-4-26-15-12-19(20,18(15,2)3)17(24)22-13-14-5-6-21-16(11-14)23-7-9-25-10-8-23/h5-6,11,15H,4,7-10,12-13,20H2,1-3H3,(H,22,24). The third-order valence-corrected chi connectivity index (χ3v) is 5.83. The topological polar surface area (TPSA) is 89.7 Å². The predicted octanol–water partition coefficient (Wildman–Crippen LogP) is 1.07. The smallest absolute Gasteiger partial charge is 0.241 e. The molecule has 0 aromatic carbocycles. The molecule has 144 valence electrons. The SMILES string of the molecule is CCOC1CC(N)(C(=O)NCc2ccnc(N3CCOCC3)c2)C1(C)C. The van der Waals surface area contributed by atoms with Crippen molar-refractivity contribution in [3.63, 3.8) is 0 Å². The van der Waals surface area contributed by atoms with Gasteiger partial charge < -0.3 is 25.4 Å². The Balaban J connectivity index is 1.60. The molecule has 1 aliphatic carbocycles. The maximum Gasteiger partial charge on any atom is 0.241 e. The Morgan fingerprint density at radius 3 is 2.85 bits per heavy atom. The van der Waals surface area contributed by atoms with Crippen LogP contribution in [0.4, 0.5) is 5.82 Å². The molecule has 2 unspecified atom stereocenters. The van der Waals surface area contributed by atoms with E-state index in [1.807, 2.05) is 32.9 Å². The van der Waals surface area contributed by atoms with E-state index >= 15 is 0 Å². The molecular weight excluding hydrogens is 332 g/mol. The molecule has 7 nitrogen and oxygen atoms in total. The Labute approximate surface area is 155 Å². The first kappa shape index (κ1) is 19.1. The van der Waals surface area contributed by atoms with Gasteiger partial charge in [0.1, 0.15) is 11.4 Å². The van der Waals surface area contributed by atoms with Crippen LogP contribution in [0.2, 0.25) is 0 Å². The van der Waals surface area contributed by atoms with Crippen LogP contribution >= 0.6 is 0 Å². The van der Waals surface area contributed by atoms with Gasteiger partial charge in [0.25, 0.3) is 0 Å². The van der Waals surface area contributed by atoms with E-state index in [9.17, 15) is 4.79 Å². The van der Waals surface area contributed by atoms with Crippen LogP contribution in [0, 0.1) is 5.41 Å². The van der Waals surface area contributed by atoms with Crippen LogP contribution in [-0.2, 0) is 20.8 Å². The Bertz CT molecular complexity index is 645. The minimum Gasteiger partial charge on any atom is -0.378 e. The molecule has 1 aliphatic heterocycles. The third-order valence-electron chi connectivity index (χ3n) is 5.83. The molecule has 3 rings (SSSR count). The summed E-state index contributed by atoms with van der Waals surface area (Å²) >= 11 is 0. The highest BCUT2D eigenvalue weighted by Gasteiger charge is 2.62. The van der Waals surface area contributed by atoms with Crippen molar-refractivity contribution >= 4 is 11.7 Å². The molecule has 0 spiro atoms. The average Bonchev–Trinajstić information content (AvgIpc) is 2.66. The zero-order valence-corrected chi connectivity index (χ0v) is 16.0. The highest BCUT2D eigenvalue weighted by Crippen LogP contribution is 2.49.